The Hall–Kier alpha value is -2.96. The lowest BCUT2D eigenvalue weighted by atomic mass is 10.1. The van der Waals surface area contributed by atoms with E-state index in [2.05, 4.69) is 10.3 Å². The molecule has 7 heteroatoms. The third kappa shape index (κ3) is 3.78. The van der Waals surface area contributed by atoms with Gasteiger partial charge in [0.25, 0.3) is 0 Å². The van der Waals surface area contributed by atoms with Crippen LogP contribution in [0.1, 0.15) is 22.8 Å². The van der Waals surface area contributed by atoms with Crippen LogP contribution in [0.15, 0.2) is 42.7 Å². The minimum atomic E-state index is -0.487. The Bertz CT molecular complexity index is 671. The summed E-state index contributed by atoms with van der Waals surface area (Å²) in [6, 6.07) is 8.41. The predicted octanol–water partition coefficient (Wildman–Crippen LogP) is 2.78. The highest BCUT2D eigenvalue weighted by molar-refractivity contribution is 5.89. The molecular weight excluding hydrogens is 286 g/mol. The number of ether oxygens (including phenoxy) is 1. The zero-order valence-electron chi connectivity index (χ0n) is 12.0. The monoisotopic (exact) mass is 301 g/mol. The summed E-state index contributed by atoms with van der Waals surface area (Å²) >= 11 is 0. The average molecular weight is 301 g/mol. The molecule has 0 bridgehead atoms. The molecule has 1 heterocycles. The largest absolute Gasteiger partial charge is 0.462 e. The molecule has 0 amide bonds. The van der Waals surface area contributed by atoms with Crippen molar-refractivity contribution in [2.75, 3.05) is 11.9 Å². The lowest BCUT2D eigenvalue weighted by molar-refractivity contribution is -0.384. The Labute approximate surface area is 127 Å². The first-order chi connectivity index (χ1) is 10.6. The minimum absolute atomic E-state index is 0.0781. The van der Waals surface area contributed by atoms with Gasteiger partial charge < -0.3 is 10.1 Å². The molecule has 0 aliphatic carbocycles. The average Bonchev–Trinajstić information content (AvgIpc) is 2.54. The van der Waals surface area contributed by atoms with Crippen molar-refractivity contribution in [1.29, 1.82) is 0 Å². The van der Waals surface area contributed by atoms with Gasteiger partial charge in [0.05, 0.1) is 17.1 Å². The maximum Gasteiger partial charge on any atom is 0.338 e. The zero-order chi connectivity index (χ0) is 15.9. The fourth-order valence-electron chi connectivity index (χ4n) is 1.85. The van der Waals surface area contributed by atoms with Crippen LogP contribution in [0.2, 0.25) is 0 Å². The van der Waals surface area contributed by atoms with Crippen LogP contribution in [-0.2, 0) is 11.3 Å². The van der Waals surface area contributed by atoms with Crippen molar-refractivity contribution in [3.05, 3.63) is 64.0 Å². The Morgan fingerprint density at radius 1 is 1.32 bits per heavy atom. The van der Waals surface area contributed by atoms with Crippen molar-refractivity contribution < 1.29 is 14.5 Å². The number of anilines is 1. The fraction of sp³-hybridized carbons (Fsp3) is 0.200. The molecule has 0 saturated carbocycles. The second kappa shape index (κ2) is 7.16. The van der Waals surface area contributed by atoms with E-state index in [0.717, 1.165) is 5.56 Å². The van der Waals surface area contributed by atoms with Gasteiger partial charge in [-0.05, 0) is 30.7 Å². The summed E-state index contributed by atoms with van der Waals surface area (Å²) in [4.78, 5) is 25.7. The summed E-state index contributed by atoms with van der Waals surface area (Å²) in [5, 5.41) is 13.9. The van der Waals surface area contributed by atoms with E-state index in [1.165, 1.54) is 12.4 Å². The zero-order valence-corrected chi connectivity index (χ0v) is 12.0. The van der Waals surface area contributed by atoms with Crippen LogP contribution in [-0.4, -0.2) is 22.5 Å². The highest BCUT2D eigenvalue weighted by Gasteiger charge is 2.12. The summed E-state index contributed by atoms with van der Waals surface area (Å²) in [6.45, 7) is 2.47. The predicted molar refractivity (Wildman–Crippen MR) is 80.6 cm³/mol. The van der Waals surface area contributed by atoms with Crippen molar-refractivity contribution in [3.63, 3.8) is 0 Å². The van der Waals surface area contributed by atoms with E-state index in [9.17, 15) is 14.9 Å². The number of rotatable bonds is 6. The highest BCUT2D eigenvalue weighted by atomic mass is 16.6. The molecule has 114 valence electrons. The van der Waals surface area contributed by atoms with E-state index in [4.69, 9.17) is 4.74 Å². The van der Waals surface area contributed by atoms with Crippen LogP contribution < -0.4 is 5.32 Å². The summed E-state index contributed by atoms with van der Waals surface area (Å²) in [6.07, 6.45) is 2.69. The third-order valence-electron chi connectivity index (χ3n) is 2.94. The van der Waals surface area contributed by atoms with Gasteiger partial charge in [0.15, 0.2) is 0 Å². The Kier molecular flexibility index (Phi) is 5.02. The maximum absolute atomic E-state index is 11.5. The number of hydrogen-bond acceptors (Lipinski definition) is 6. The molecule has 0 aliphatic rings. The lowest BCUT2D eigenvalue weighted by Crippen LogP contribution is -2.06. The molecule has 0 spiro atoms. The Morgan fingerprint density at radius 2 is 2.05 bits per heavy atom. The number of hydrogen-bond donors (Lipinski definition) is 1. The molecule has 1 aromatic heterocycles. The van der Waals surface area contributed by atoms with Crippen molar-refractivity contribution in [1.82, 2.24) is 4.98 Å². The van der Waals surface area contributed by atoms with Gasteiger partial charge in [-0.3, -0.25) is 15.1 Å². The first kappa shape index (κ1) is 15.4. The normalized spacial score (nSPS) is 10.0. The summed E-state index contributed by atoms with van der Waals surface area (Å²) in [7, 11) is 0. The summed E-state index contributed by atoms with van der Waals surface area (Å²) in [5.74, 6) is -0.369. The van der Waals surface area contributed by atoms with Gasteiger partial charge in [0.2, 0.25) is 0 Å². The SMILES string of the molecule is CCOC(=O)c1ccc(CNc2ccncc2[N+](=O)[O-])cc1. The van der Waals surface area contributed by atoms with E-state index < -0.39 is 4.92 Å². The van der Waals surface area contributed by atoms with Gasteiger partial charge in [0.1, 0.15) is 11.9 Å². The molecule has 0 radical (unpaired) electrons. The van der Waals surface area contributed by atoms with Gasteiger partial charge in [-0.25, -0.2) is 4.79 Å². The van der Waals surface area contributed by atoms with E-state index in [1.54, 1.807) is 37.3 Å². The van der Waals surface area contributed by atoms with Crippen LogP contribution in [0.4, 0.5) is 11.4 Å². The Morgan fingerprint density at radius 3 is 2.68 bits per heavy atom. The molecule has 1 N–H and O–H groups in total. The lowest BCUT2D eigenvalue weighted by Gasteiger charge is -2.07. The highest BCUT2D eigenvalue weighted by Crippen LogP contribution is 2.22. The minimum Gasteiger partial charge on any atom is -0.462 e. The van der Waals surface area contributed by atoms with Crippen LogP contribution in [0, 0.1) is 10.1 Å². The molecule has 2 aromatic rings. The second-order valence-corrected chi connectivity index (χ2v) is 4.42. The molecule has 22 heavy (non-hydrogen) atoms. The summed E-state index contributed by atoms with van der Waals surface area (Å²) < 4.78 is 4.90. The number of aromatic nitrogens is 1. The third-order valence-corrected chi connectivity index (χ3v) is 2.94. The maximum atomic E-state index is 11.5. The van der Waals surface area contributed by atoms with Crippen molar-refractivity contribution >= 4 is 17.3 Å². The van der Waals surface area contributed by atoms with Crippen LogP contribution >= 0.6 is 0 Å². The molecule has 0 fully saturated rings. The smallest absolute Gasteiger partial charge is 0.338 e. The number of nitrogens with one attached hydrogen (secondary N) is 1. The number of benzene rings is 1. The number of carbonyl (C=O) groups excluding carboxylic acids is 1. The quantitative estimate of drug-likeness (QED) is 0.501. The van der Waals surface area contributed by atoms with Crippen LogP contribution in [0.3, 0.4) is 0 Å². The van der Waals surface area contributed by atoms with Gasteiger partial charge in [-0.2, -0.15) is 0 Å². The van der Waals surface area contributed by atoms with E-state index in [1.807, 2.05) is 0 Å². The topological polar surface area (TPSA) is 94.4 Å². The van der Waals surface area contributed by atoms with E-state index in [0.29, 0.717) is 24.4 Å². The summed E-state index contributed by atoms with van der Waals surface area (Å²) in [5.41, 5.74) is 1.68. The van der Waals surface area contributed by atoms with Crippen molar-refractivity contribution in [2.45, 2.75) is 13.5 Å². The van der Waals surface area contributed by atoms with E-state index >= 15 is 0 Å². The van der Waals surface area contributed by atoms with Crippen LogP contribution in [0.5, 0.6) is 0 Å². The van der Waals surface area contributed by atoms with E-state index in [-0.39, 0.29) is 11.7 Å². The first-order valence-corrected chi connectivity index (χ1v) is 6.70. The number of nitro groups is 1. The number of carbonyl (C=O) groups is 1. The fourth-order valence-corrected chi connectivity index (χ4v) is 1.85. The van der Waals surface area contributed by atoms with Gasteiger partial charge in [0, 0.05) is 12.7 Å². The molecule has 0 unspecified atom stereocenters. The Balaban J connectivity index is 2.03. The molecule has 0 aliphatic heterocycles. The number of esters is 1. The number of nitrogens with zero attached hydrogens (tertiary/aromatic N) is 2. The van der Waals surface area contributed by atoms with Gasteiger partial charge >= 0.3 is 11.7 Å². The molecule has 1 aromatic carbocycles. The first-order valence-electron chi connectivity index (χ1n) is 6.70. The standard InChI is InChI=1S/C15H15N3O4/c1-2-22-15(19)12-5-3-11(4-6-12)9-17-13-7-8-16-10-14(13)18(20)21/h3-8,10H,2,9H2,1H3,(H,16,17). The second-order valence-electron chi connectivity index (χ2n) is 4.42. The molecule has 0 saturated heterocycles. The molecular formula is C15H15N3O4. The molecule has 7 nitrogen and oxygen atoms in total. The molecule has 0 atom stereocenters. The van der Waals surface area contributed by atoms with Gasteiger partial charge in [-0.1, -0.05) is 12.1 Å². The van der Waals surface area contributed by atoms with Crippen molar-refractivity contribution in [3.8, 4) is 0 Å². The van der Waals surface area contributed by atoms with Gasteiger partial charge in [-0.15, -0.1) is 0 Å². The van der Waals surface area contributed by atoms with Crippen LogP contribution in [0.25, 0.3) is 0 Å². The van der Waals surface area contributed by atoms with Crippen molar-refractivity contribution in [2.24, 2.45) is 0 Å². The number of pyridine rings is 1. The molecule has 2 rings (SSSR count).